The number of rotatable bonds is 1. The van der Waals surface area contributed by atoms with E-state index in [0.717, 1.165) is 11.8 Å². The standard InChI is InChI=1S/C10H10Cl2/c1-6-4-8(6)7-2-3-9(11)10(12)5-7/h2-3,5-6,8H,4H2,1H3. The summed E-state index contributed by atoms with van der Waals surface area (Å²) < 4.78 is 0. The van der Waals surface area contributed by atoms with E-state index < -0.39 is 0 Å². The van der Waals surface area contributed by atoms with Crippen molar-refractivity contribution in [2.75, 3.05) is 0 Å². The summed E-state index contributed by atoms with van der Waals surface area (Å²) in [6, 6.07) is 5.94. The van der Waals surface area contributed by atoms with Crippen LogP contribution in [0.2, 0.25) is 10.0 Å². The van der Waals surface area contributed by atoms with Crippen LogP contribution in [0.4, 0.5) is 0 Å². The van der Waals surface area contributed by atoms with Crippen molar-refractivity contribution in [3.8, 4) is 0 Å². The minimum Gasteiger partial charge on any atom is -0.0827 e. The van der Waals surface area contributed by atoms with E-state index in [0.29, 0.717) is 10.0 Å². The molecular weight excluding hydrogens is 191 g/mol. The first-order valence-electron chi connectivity index (χ1n) is 4.13. The minimum absolute atomic E-state index is 0.647. The van der Waals surface area contributed by atoms with Crippen molar-refractivity contribution in [1.29, 1.82) is 0 Å². The van der Waals surface area contributed by atoms with E-state index >= 15 is 0 Å². The third kappa shape index (κ3) is 1.46. The van der Waals surface area contributed by atoms with Crippen LogP contribution >= 0.6 is 23.2 Å². The lowest BCUT2D eigenvalue weighted by atomic mass is 10.1. The molecule has 0 aliphatic heterocycles. The first-order chi connectivity index (χ1) is 5.68. The third-order valence-electron chi connectivity index (χ3n) is 2.48. The van der Waals surface area contributed by atoms with E-state index in [-0.39, 0.29) is 0 Å². The van der Waals surface area contributed by atoms with Crippen LogP contribution in [0.1, 0.15) is 24.8 Å². The van der Waals surface area contributed by atoms with Crippen LogP contribution in [0.15, 0.2) is 18.2 Å². The Morgan fingerprint density at radius 3 is 2.42 bits per heavy atom. The molecule has 0 radical (unpaired) electrons. The Morgan fingerprint density at radius 2 is 1.92 bits per heavy atom. The molecule has 0 heterocycles. The van der Waals surface area contributed by atoms with Crippen LogP contribution in [0, 0.1) is 5.92 Å². The molecule has 1 aliphatic carbocycles. The molecule has 1 aromatic carbocycles. The quantitative estimate of drug-likeness (QED) is 0.641. The number of hydrogen-bond acceptors (Lipinski definition) is 0. The van der Waals surface area contributed by atoms with Gasteiger partial charge in [-0.15, -0.1) is 0 Å². The maximum atomic E-state index is 5.90. The molecule has 0 nitrogen and oxygen atoms in total. The molecule has 2 atom stereocenters. The van der Waals surface area contributed by atoms with Crippen molar-refractivity contribution < 1.29 is 0 Å². The number of halogens is 2. The third-order valence-corrected chi connectivity index (χ3v) is 3.22. The monoisotopic (exact) mass is 200 g/mol. The van der Waals surface area contributed by atoms with E-state index in [9.17, 15) is 0 Å². The van der Waals surface area contributed by atoms with E-state index in [1.54, 1.807) is 0 Å². The predicted octanol–water partition coefficient (Wildman–Crippen LogP) is 4.12. The van der Waals surface area contributed by atoms with Crippen molar-refractivity contribution in [2.45, 2.75) is 19.3 Å². The van der Waals surface area contributed by atoms with Crippen molar-refractivity contribution >= 4 is 23.2 Å². The van der Waals surface area contributed by atoms with Crippen molar-refractivity contribution in [1.82, 2.24) is 0 Å². The lowest BCUT2D eigenvalue weighted by molar-refractivity contribution is 0.915. The molecule has 2 heteroatoms. The SMILES string of the molecule is CC1CC1c1ccc(Cl)c(Cl)c1. The summed E-state index contributed by atoms with van der Waals surface area (Å²) in [6.45, 7) is 2.26. The van der Waals surface area contributed by atoms with Crippen molar-refractivity contribution in [3.05, 3.63) is 33.8 Å². The van der Waals surface area contributed by atoms with Gasteiger partial charge in [0.15, 0.2) is 0 Å². The highest BCUT2D eigenvalue weighted by Gasteiger charge is 2.33. The second-order valence-corrected chi connectivity index (χ2v) is 4.31. The number of hydrogen-bond donors (Lipinski definition) is 0. The van der Waals surface area contributed by atoms with Gasteiger partial charge >= 0.3 is 0 Å². The average molecular weight is 201 g/mol. The lowest BCUT2D eigenvalue weighted by Crippen LogP contribution is -1.80. The molecule has 64 valence electrons. The molecule has 0 aromatic heterocycles. The smallest absolute Gasteiger partial charge is 0.0595 e. The molecule has 1 saturated carbocycles. The van der Waals surface area contributed by atoms with Gasteiger partial charge in [-0.3, -0.25) is 0 Å². The molecule has 2 unspecified atom stereocenters. The summed E-state index contributed by atoms with van der Waals surface area (Å²) in [5, 5.41) is 1.32. The highest BCUT2D eigenvalue weighted by molar-refractivity contribution is 6.42. The molecule has 1 aliphatic rings. The molecule has 12 heavy (non-hydrogen) atoms. The maximum absolute atomic E-state index is 5.90. The van der Waals surface area contributed by atoms with Crippen molar-refractivity contribution in [2.24, 2.45) is 5.92 Å². The molecule has 2 rings (SSSR count). The van der Waals surface area contributed by atoms with Gasteiger partial charge in [-0.25, -0.2) is 0 Å². The van der Waals surface area contributed by atoms with Gasteiger partial charge in [-0.2, -0.15) is 0 Å². The van der Waals surface area contributed by atoms with Crippen molar-refractivity contribution in [3.63, 3.8) is 0 Å². The topological polar surface area (TPSA) is 0 Å². The summed E-state index contributed by atoms with van der Waals surface area (Å²) in [5.74, 6) is 1.54. The zero-order chi connectivity index (χ0) is 8.72. The van der Waals surface area contributed by atoms with E-state index in [2.05, 4.69) is 13.0 Å². The van der Waals surface area contributed by atoms with Gasteiger partial charge in [-0.05, 0) is 36.0 Å². The fraction of sp³-hybridized carbons (Fsp3) is 0.400. The Morgan fingerprint density at radius 1 is 1.25 bits per heavy atom. The highest BCUT2D eigenvalue weighted by Crippen LogP contribution is 2.47. The Kier molecular flexibility index (Phi) is 2.05. The summed E-state index contributed by atoms with van der Waals surface area (Å²) in [6.07, 6.45) is 1.29. The van der Waals surface area contributed by atoms with Gasteiger partial charge in [0, 0.05) is 0 Å². The first-order valence-corrected chi connectivity index (χ1v) is 4.89. The van der Waals surface area contributed by atoms with Gasteiger partial charge in [0.1, 0.15) is 0 Å². The van der Waals surface area contributed by atoms with Gasteiger partial charge in [-0.1, -0.05) is 36.2 Å². The molecule has 1 fully saturated rings. The molecule has 1 aromatic rings. The normalized spacial score (nSPS) is 27.2. The Bertz CT molecular complexity index is 307. The summed E-state index contributed by atoms with van der Waals surface area (Å²) in [5.41, 5.74) is 1.33. The first kappa shape index (κ1) is 8.40. The Hall–Kier alpha value is -0.200. The molecule has 0 N–H and O–H groups in total. The van der Waals surface area contributed by atoms with Gasteiger partial charge in [0.2, 0.25) is 0 Å². The van der Waals surface area contributed by atoms with Gasteiger partial charge in [0.25, 0.3) is 0 Å². The van der Waals surface area contributed by atoms with Crippen LogP contribution in [0.5, 0.6) is 0 Å². The molecule has 0 spiro atoms. The van der Waals surface area contributed by atoms with E-state index in [1.165, 1.54) is 12.0 Å². The zero-order valence-corrected chi connectivity index (χ0v) is 8.36. The summed E-state index contributed by atoms with van der Waals surface area (Å²) in [4.78, 5) is 0. The highest BCUT2D eigenvalue weighted by atomic mass is 35.5. The largest absolute Gasteiger partial charge is 0.0827 e. The molecular formula is C10H10Cl2. The van der Waals surface area contributed by atoms with Gasteiger partial charge in [0.05, 0.1) is 10.0 Å². The maximum Gasteiger partial charge on any atom is 0.0595 e. The second-order valence-electron chi connectivity index (χ2n) is 3.49. The van der Waals surface area contributed by atoms with Crippen LogP contribution in [0.3, 0.4) is 0 Å². The lowest BCUT2D eigenvalue weighted by Gasteiger charge is -2.00. The summed E-state index contributed by atoms with van der Waals surface area (Å²) in [7, 11) is 0. The van der Waals surface area contributed by atoms with E-state index in [4.69, 9.17) is 23.2 Å². The Balaban J connectivity index is 2.29. The Labute approximate surface area is 82.5 Å². The van der Waals surface area contributed by atoms with E-state index in [1.807, 2.05) is 12.1 Å². The van der Waals surface area contributed by atoms with Crippen LogP contribution in [-0.2, 0) is 0 Å². The van der Waals surface area contributed by atoms with Crippen LogP contribution in [-0.4, -0.2) is 0 Å². The number of benzene rings is 1. The van der Waals surface area contributed by atoms with Crippen LogP contribution < -0.4 is 0 Å². The fourth-order valence-corrected chi connectivity index (χ4v) is 1.84. The average Bonchev–Trinajstić information content (AvgIpc) is 2.73. The molecule has 0 bridgehead atoms. The molecule has 0 amide bonds. The van der Waals surface area contributed by atoms with Gasteiger partial charge < -0.3 is 0 Å². The summed E-state index contributed by atoms with van der Waals surface area (Å²) >= 11 is 11.7. The predicted molar refractivity (Wildman–Crippen MR) is 53.0 cm³/mol. The second kappa shape index (κ2) is 2.93. The minimum atomic E-state index is 0.647. The molecule has 0 saturated heterocycles. The van der Waals surface area contributed by atoms with Crippen LogP contribution in [0.25, 0.3) is 0 Å². The fourth-order valence-electron chi connectivity index (χ4n) is 1.53. The zero-order valence-electron chi connectivity index (χ0n) is 6.85.